The molecule has 33 heavy (non-hydrogen) atoms. The average Bonchev–Trinajstić information content (AvgIpc) is 3.48. The molecule has 0 aliphatic heterocycles. The summed E-state index contributed by atoms with van der Waals surface area (Å²) in [5.41, 5.74) is 2.98. The molecule has 6 aromatic rings. The molecule has 0 bridgehead atoms. The van der Waals surface area contributed by atoms with E-state index >= 15 is 0 Å². The zero-order valence-corrected chi connectivity index (χ0v) is 17.4. The number of rotatable bonds is 2. The number of carbonyl (C=O) groups excluding carboxylic acids is 2. The number of nitrogens with one attached hydrogen (secondary N) is 2. The molecule has 6 rings (SSSR count). The van der Waals surface area contributed by atoms with Crippen molar-refractivity contribution in [2.45, 2.75) is 0 Å². The number of aromatic nitrogens is 6. The molecule has 0 saturated carbocycles. The minimum absolute atomic E-state index is 0. The fourth-order valence-electron chi connectivity index (χ4n) is 3.48. The monoisotopic (exact) mass is 487 g/mol. The number of benzene rings is 2. The van der Waals surface area contributed by atoms with Gasteiger partial charge in [0.1, 0.15) is 0 Å². The van der Waals surface area contributed by atoms with Crippen LogP contribution in [0.4, 0.5) is 0 Å². The van der Waals surface area contributed by atoms with E-state index in [0.717, 1.165) is 32.6 Å². The maximum atomic E-state index is 10.7. The smallest absolute Gasteiger partial charge is 0.543 e. The minimum atomic E-state index is -1.23. The number of carboxylic acid groups (broad SMARTS) is 2. The Labute approximate surface area is 195 Å². The largest absolute Gasteiger partial charge is 2.00 e. The number of nitrogens with zero attached hydrogens (tertiary/aromatic N) is 4. The predicted molar refractivity (Wildman–Crippen MR) is 111 cm³/mol. The van der Waals surface area contributed by atoms with Gasteiger partial charge in [0.05, 0.1) is 57.8 Å². The van der Waals surface area contributed by atoms with Crippen molar-refractivity contribution in [3.8, 4) is 0 Å². The first kappa shape index (κ1) is 21.9. The molecule has 165 valence electrons. The maximum absolute atomic E-state index is 10.7. The van der Waals surface area contributed by atoms with Crippen LogP contribution in [0.15, 0.2) is 60.9 Å². The number of aromatic amines is 2. The van der Waals surface area contributed by atoms with Gasteiger partial charge >= 0.3 is 17.1 Å². The van der Waals surface area contributed by atoms with E-state index in [4.69, 9.17) is 0 Å². The summed E-state index contributed by atoms with van der Waals surface area (Å²) in [7, 11) is 0. The van der Waals surface area contributed by atoms with Gasteiger partial charge in [-0.15, -0.1) is 0 Å². The normalized spacial score (nSPS) is 10.7. The second-order valence-corrected chi connectivity index (χ2v) is 6.93. The fourth-order valence-corrected chi connectivity index (χ4v) is 3.48. The van der Waals surface area contributed by atoms with Crippen molar-refractivity contribution in [3.63, 3.8) is 0 Å². The van der Waals surface area contributed by atoms with Gasteiger partial charge in [0.25, 0.3) is 0 Å². The second kappa shape index (κ2) is 8.65. The van der Waals surface area contributed by atoms with Gasteiger partial charge in [-0.25, -0.2) is 0 Å². The van der Waals surface area contributed by atoms with Crippen molar-refractivity contribution >= 4 is 55.6 Å². The molecule has 0 atom stereocenters. The van der Waals surface area contributed by atoms with Gasteiger partial charge in [0.15, 0.2) is 0 Å². The molecule has 4 heterocycles. The van der Waals surface area contributed by atoms with E-state index in [9.17, 15) is 19.8 Å². The Morgan fingerprint density at radius 3 is 1.42 bits per heavy atom. The van der Waals surface area contributed by atoms with E-state index in [2.05, 4.69) is 30.4 Å². The number of carbonyl (C=O) groups is 2. The van der Waals surface area contributed by atoms with Gasteiger partial charge in [-0.3, -0.25) is 0 Å². The predicted octanol–water partition coefficient (Wildman–Crippen LogP) is 0.947. The Balaban J connectivity index is 0.000000152. The van der Waals surface area contributed by atoms with E-state index in [0.29, 0.717) is 11.0 Å². The second-order valence-electron chi connectivity index (χ2n) is 6.93. The summed E-state index contributed by atoms with van der Waals surface area (Å²) in [6.07, 6.45) is 3.21. The SMILES string of the molecule is O=C([O-])c1ccc2ccc3nncc3c2[nH]1.O=C([O-])c1ccc2ccc3nncc3c2[nH]1.[Cu+2]. The Morgan fingerprint density at radius 2 is 1.03 bits per heavy atom. The van der Waals surface area contributed by atoms with Crippen molar-refractivity contribution in [1.29, 1.82) is 0 Å². The summed E-state index contributed by atoms with van der Waals surface area (Å²) in [5.74, 6) is -2.46. The van der Waals surface area contributed by atoms with Crippen LogP contribution < -0.4 is 10.2 Å². The van der Waals surface area contributed by atoms with E-state index in [1.807, 2.05) is 24.3 Å². The van der Waals surface area contributed by atoms with Gasteiger partial charge in [0.2, 0.25) is 0 Å². The van der Waals surface area contributed by atoms with Crippen LogP contribution >= 0.6 is 0 Å². The van der Waals surface area contributed by atoms with Gasteiger partial charge in [-0.1, -0.05) is 24.3 Å². The third kappa shape index (κ3) is 3.98. The summed E-state index contributed by atoms with van der Waals surface area (Å²) in [5, 5.41) is 40.3. The molecule has 0 aliphatic rings. The van der Waals surface area contributed by atoms with E-state index < -0.39 is 11.9 Å². The fraction of sp³-hybridized carbons (Fsp3) is 0. The molecule has 4 aromatic heterocycles. The number of fused-ring (bicyclic) bond motifs is 6. The number of carboxylic acids is 2. The number of hydrogen-bond donors (Lipinski definition) is 2. The van der Waals surface area contributed by atoms with Gasteiger partial charge in [0, 0.05) is 10.8 Å². The van der Waals surface area contributed by atoms with Crippen molar-refractivity contribution in [2.75, 3.05) is 0 Å². The molecule has 2 N–H and O–H groups in total. The number of hydrogen-bond acceptors (Lipinski definition) is 8. The maximum Gasteiger partial charge on any atom is 2.00 e. The van der Waals surface area contributed by atoms with Crippen molar-refractivity contribution in [3.05, 3.63) is 72.3 Å². The van der Waals surface area contributed by atoms with Crippen LogP contribution in [0.1, 0.15) is 21.0 Å². The van der Waals surface area contributed by atoms with Crippen molar-refractivity contribution in [2.24, 2.45) is 0 Å². The van der Waals surface area contributed by atoms with Crippen molar-refractivity contribution < 1.29 is 36.9 Å². The number of aromatic carboxylic acids is 2. The molecule has 0 aliphatic carbocycles. The first-order chi connectivity index (χ1) is 15.5. The molecule has 0 amide bonds. The van der Waals surface area contributed by atoms with Crippen LogP contribution in [0.2, 0.25) is 0 Å². The van der Waals surface area contributed by atoms with Crippen LogP contribution in [0.5, 0.6) is 0 Å². The summed E-state index contributed by atoms with van der Waals surface area (Å²) < 4.78 is 0. The molecule has 1 radical (unpaired) electrons. The summed E-state index contributed by atoms with van der Waals surface area (Å²) in [6.45, 7) is 0. The quantitative estimate of drug-likeness (QED) is 0.341. The standard InChI is InChI=1S/2C11H7N3O2.Cu/c2*15-11(16)9-4-2-6-1-3-8-7(5-12-14-8)10(6)13-9;/h2*1-5,13H,(H,15,16);/q;;+2/p-2. The molecule has 10 nitrogen and oxygen atoms in total. The van der Waals surface area contributed by atoms with Crippen LogP contribution in [0, 0.1) is 0 Å². The van der Waals surface area contributed by atoms with E-state index in [1.165, 1.54) is 12.1 Å². The van der Waals surface area contributed by atoms with Crippen LogP contribution in [0.3, 0.4) is 0 Å². The first-order valence-electron chi connectivity index (χ1n) is 9.40. The average molecular weight is 488 g/mol. The minimum Gasteiger partial charge on any atom is -0.543 e. The van der Waals surface area contributed by atoms with Gasteiger partial charge in [-0.05, 0) is 35.0 Å². The molecular formula is C22H12CuN6O4. The van der Waals surface area contributed by atoms with E-state index in [-0.39, 0.29) is 28.5 Å². The topological polar surface area (TPSA) is 163 Å². The summed E-state index contributed by atoms with van der Waals surface area (Å²) in [6, 6.07) is 13.8. The van der Waals surface area contributed by atoms with Crippen molar-refractivity contribution in [1.82, 2.24) is 30.4 Å². The van der Waals surface area contributed by atoms with Gasteiger partial charge < -0.3 is 29.8 Å². The Kier molecular flexibility index (Phi) is 5.74. The summed E-state index contributed by atoms with van der Waals surface area (Å²) in [4.78, 5) is 27.1. The molecular weight excluding hydrogens is 476 g/mol. The van der Waals surface area contributed by atoms with Crippen LogP contribution in [0.25, 0.3) is 43.6 Å². The third-order valence-electron chi connectivity index (χ3n) is 5.03. The molecule has 2 aromatic carbocycles. The molecule has 0 unspecified atom stereocenters. The van der Waals surface area contributed by atoms with E-state index in [1.54, 1.807) is 24.5 Å². The Morgan fingerprint density at radius 1 is 0.636 bits per heavy atom. The van der Waals surface area contributed by atoms with Crippen LogP contribution in [-0.4, -0.2) is 42.3 Å². The molecule has 0 spiro atoms. The number of H-pyrrole nitrogens is 2. The zero-order chi connectivity index (χ0) is 22.2. The Hall–Kier alpha value is -4.34. The zero-order valence-electron chi connectivity index (χ0n) is 16.5. The molecule has 0 saturated heterocycles. The molecule has 11 heteroatoms. The van der Waals surface area contributed by atoms with Gasteiger partial charge in [-0.2, -0.15) is 20.4 Å². The Bertz CT molecular complexity index is 1540. The molecule has 0 fully saturated rings. The summed E-state index contributed by atoms with van der Waals surface area (Å²) >= 11 is 0. The van der Waals surface area contributed by atoms with Crippen LogP contribution in [-0.2, 0) is 17.1 Å². The third-order valence-corrected chi connectivity index (χ3v) is 5.03. The number of pyridine rings is 2. The first-order valence-corrected chi connectivity index (χ1v) is 9.40.